The number of benzene rings is 1. The van der Waals surface area contributed by atoms with Gasteiger partial charge in [0.1, 0.15) is 22.4 Å². The number of alkyl halides is 2. The van der Waals surface area contributed by atoms with E-state index in [1.54, 1.807) is 6.07 Å². The molecule has 1 aromatic carbocycles. The number of halogens is 3. The first kappa shape index (κ1) is 19.0. The third kappa shape index (κ3) is 3.97. The predicted molar refractivity (Wildman–Crippen MR) is 90.5 cm³/mol. The third-order valence-corrected chi connectivity index (χ3v) is 4.81. The number of nitrogens with zero attached hydrogens (tertiary/aromatic N) is 3. The average molecular weight is 401 g/mol. The molecule has 0 amide bonds. The number of thiol groups is 1. The van der Waals surface area contributed by atoms with Gasteiger partial charge in [0.15, 0.2) is 17.8 Å². The van der Waals surface area contributed by atoms with Crippen LogP contribution in [0.3, 0.4) is 0 Å². The molecule has 0 saturated carbocycles. The summed E-state index contributed by atoms with van der Waals surface area (Å²) in [4.78, 5) is 0. The summed E-state index contributed by atoms with van der Waals surface area (Å²) in [5.41, 5.74) is 1.14. The Morgan fingerprint density at radius 2 is 2.04 bits per heavy atom. The molecular formula is C16H14F3N3O4S. The summed E-state index contributed by atoms with van der Waals surface area (Å²) in [5.74, 6) is -1.61. The van der Waals surface area contributed by atoms with E-state index in [4.69, 9.17) is 0 Å². The lowest BCUT2D eigenvalue weighted by molar-refractivity contribution is -0.576. The van der Waals surface area contributed by atoms with Crippen molar-refractivity contribution in [2.45, 2.75) is 25.3 Å². The lowest BCUT2D eigenvalue weighted by Crippen LogP contribution is -2.26. The molecule has 2 aromatic heterocycles. The highest BCUT2D eigenvalue weighted by atomic mass is 32.2. The van der Waals surface area contributed by atoms with Crippen LogP contribution in [-0.2, 0) is 17.2 Å². The van der Waals surface area contributed by atoms with E-state index in [0.29, 0.717) is 15.8 Å². The van der Waals surface area contributed by atoms with Crippen molar-refractivity contribution >= 4 is 21.7 Å². The fourth-order valence-electron chi connectivity index (χ4n) is 2.57. The summed E-state index contributed by atoms with van der Waals surface area (Å²) >= 11 is 0. The van der Waals surface area contributed by atoms with Gasteiger partial charge in [-0.1, -0.05) is 6.07 Å². The van der Waals surface area contributed by atoms with E-state index in [1.165, 1.54) is 30.1 Å². The van der Waals surface area contributed by atoms with E-state index in [-0.39, 0.29) is 17.6 Å². The topological polar surface area (TPSA) is 88.1 Å². The first-order chi connectivity index (χ1) is 12.8. The Bertz CT molecular complexity index is 1060. The Labute approximate surface area is 153 Å². The summed E-state index contributed by atoms with van der Waals surface area (Å²) in [6, 6.07) is 4.86. The molecule has 0 aliphatic rings. The van der Waals surface area contributed by atoms with E-state index < -0.39 is 34.1 Å². The van der Waals surface area contributed by atoms with Gasteiger partial charge in [0.05, 0.1) is 11.8 Å². The fraction of sp³-hybridized carbons (Fsp3) is 0.250. The SMILES string of the molecule is CC(Cn1ncc2c1cc(-c1ccc(F)c(OC(F)F)c1)c[n+]2[O-])[SH](=O)=O. The van der Waals surface area contributed by atoms with E-state index in [2.05, 4.69) is 9.84 Å². The molecule has 1 atom stereocenters. The van der Waals surface area contributed by atoms with Crippen LogP contribution in [0.2, 0.25) is 0 Å². The second kappa shape index (κ2) is 7.43. The molecule has 3 rings (SSSR count). The molecule has 7 nitrogen and oxygen atoms in total. The van der Waals surface area contributed by atoms with Crippen LogP contribution in [0.15, 0.2) is 36.7 Å². The van der Waals surface area contributed by atoms with E-state index >= 15 is 0 Å². The fourth-order valence-corrected chi connectivity index (χ4v) is 2.86. The molecule has 0 fully saturated rings. The lowest BCUT2D eigenvalue weighted by Gasteiger charge is -2.10. The molecule has 0 aliphatic heterocycles. The summed E-state index contributed by atoms with van der Waals surface area (Å²) in [6.07, 6.45) is 2.48. The molecule has 1 unspecified atom stereocenters. The molecule has 27 heavy (non-hydrogen) atoms. The zero-order valence-corrected chi connectivity index (χ0v) is 14.8. The Kier molecular flexibility index (Phi) is 5.22. The Balaban J connectivity index is 2.08. The Hall–Kier alpha value is -2.82. The van der Waals surface area contributed by atoms with Crippen LogP contribution < -0.4 is 9.47 Å². The Morgan fingerprint density at radius 1 is 1.30 bits per heavy atom. The monoisotopic (exact) mass is 401 g/mol. The second-order valence-electron chi connectivity index (χ2n) is 5.81. The largest absolute Gasteiger partial charge is 0.618 e. The lowest BCUT2D eigenvalue weighted by atomic mass is 10.1. The minimum absolute atomic E-state index is 0.0365. The van der Waals surface area contributed by atoms with Crippen LogP contribution in [0.25, 0.3) is 22.2 Å². The van der Waals surface area contributed by atoms with Gasteiger partial charge in [-0.25, -0.2) is 12.8 Å². The standard InChI is InChI=1S/C16H14F3N3O4S/c1-9(27(24)25)7-21-13-4-11(8-22(23)14(13)6-20-21)10-2-3-12(17)15(5-10)26-16(18)19/h2-6,8-9,16,27H,7H2,1H3. The minimum Gasteiger partial charge on any atom is -0.618 e. The summed E-state index contributed by atoms with van der Waals surface area (Å²) in [6.45, 7) is -1.66. The van der Waals surface area contributed by atoms with Gasteiger partial charge in [0, 0.05) is 5.56 Å². The van der Waals surface area contributed by atoms with Crippen LogP contribution in [0, 0.1) is 11.0 Å². The van der Waals surface area contributed by atoms with Gasteiger partial charge in [-0.2, -0.15) is 18.6 Å². The molecule has 0 spiro atoms. The Morgan fingerprint density at radius 3 is 2.70 bits per heavy atom. The van der Waals surface area contributed by atoms with Gasteiger partial charge in [-0.15, -0.1) is 0 Å². The maximum atomic E-state index is 13.6. The smallest absolute Gasteiger partial charge is 0.387 e. The van der Waals surface area contributed by atoms with Crippen molar-refractivity contribution in [3.63, 3.8) is 0 Å². The van der Waals surface area contributed by atoms with E-state index in [1.807, 2.05) is 0 Å². The number of aromatic nitrogens is 3. The van der Waals surface area contributed by atoms with Gasteiger partial charge in [0.2, 0.25) is 0 Å². The molecule has 3 aromatic rings. The molecule has 0 radical (unpaired) electrons. The predicted octanol–water partition coefficient (Wildman–Crippen LogP) is 2.08. The van der Waals surface area contributed by atoms with Gasteiger partial charge in [-0.05, 0) is 30.7 Å². The van der Waals surface area contributed by atoms with Gasteiger partial charge in [-0.3, -0.25) is 4.68 Å². The highest BCUT2D eigenvalue weighted by Crippen LogP contribution is 2.28. The number of hydrogen-bond acceptors (Lipinski definition) is 5. The highest BCUT2D eigenvalue weighted by Gasteiger charge is 2.18. The van der Waals surface area contributed by atoms with Crippen molar-refractivity contribution in [2.24, 2.45) is 0 Å². The second-order valence-corrected chi connectivity index (χ2v) is 7.26. The molecule has 2 heterocycles. The maximum absolute atomic E-state index is 13.6. The molecule has 144 valence electrons. The van der Waals surface area contributed by atoms with Crippen molar-refractivity contribution in [3.8, 4) is 16.9 Å². The minimum atomic E-state index is -3.20. The van der Waals surface area contributed by atoms with Gasteiger partial charge >= 0.3 is 6.61 Å². The van der Waals surface area contributed by atoms with Crippen LogP contribution in [0.4, 0.5) is 13.2 Å². The van der Waals surface area contributed by atoms with Gasteiger partial charge < -0.3 is 9.94 Å². The zero-order valence-electron chi connectivity index (χ0n) is 13.9. The molecule has 0 saturated heterocycles. The average Bonchev–Trinajstić information content (AvgIpc) is 2.99. The van der Waals surface area contributed by atoms with Crippen LogP contribution in [0.5, 0.6) is 5.75 Å². The summed E-state index contributed by atoms with van der Waals surface area (Å²) < 4.78 is 66.6. The van der Waals surface area contributed by atoms with E-state index in [9.17, 15) is 26.8 Å². The number of rotatable bonds is 6. The number of hydrogen-bond donors (Lipinski definition) is 1. The van der Waals surface area contributed by atoms with Gasteiger partial charge in [0.25, 0.3) is 5.52 Å². The van der Waals surface area contributed by atoms with Crippen molar-refractivity contribution in [1.29, 1.82) is 0 Å². The molecule has 11 heteroatoms. The summed E-state index contributed by atoms with van der Waals surface area (Å²) in [5, 5.41) is 15.6. The summed E-state index contributed by atoms with van der Waals surface area (Å²) in [7, 11) is -2.67. The quantitative estimate of drug-likeness (QED) is 0.388. The first-order valence-corrected chi connectivity index (χ1v) is 8.98. The molecular weight excluding hydrogens is 387 g/mol. The first-order valence-electron chi connectivity index (χ1n) is 7.73. The normalized spacial score (nSPS) is 12.8. The van der Waals surface area contributed by atoms with Crippen LogP contribution >= 0.6 is 0 Å². The van der Waals surface area contributed by atoms with Crippen LogP contribution in [0.1, 0.15) is 6.92 Å². The van der Waals surface area contributed by atoms with Crippen molar-refractivity contribution < 1.29 is 31.1 Å². The highest BCUT2D eigenvalue weighted by molar-refractivity contribution is 7.73. The maximum Gasteiger partial charge on any atom is 0.387 e. The van der Waals surface area contributed by atoms with Crippen LogP contribution in [-0.4, -0.2) is 30.1 Å². The number of pyridine rings is 1. The number of ether oxygens (including phenoxy) is 1. The number of fused-ring (bicyclic) bond motifs is 1. The van der Waals surface area contributed by atoms with Crippen molar-refractivity contribution in [3.05, 3.63) is 47.7 Å². The van der Waals surface area contributed by atoms with E-state index in [0.717, 1.165) is 12.1 Å². The molecule has 0 aliphatic carbocycles. The van der Waals surface area contributed by atoms with Crippen molar-refractivity contribution in [2.75, 3.05) is 0 Å². The van der Waals surface area contributed by atoms with Crippen molar-refractivity contribution in [1.82, 2.24) is 9.78 Å². The zero-order chi connectivity index (χ0) is 19.7. The third-order valence-electron chi connectivity index (χ3n) is 3.92. The molecule has 0 bridgehead atoms. The molecule has 0 N–H and O–H groups in total.